The highest BCUT2D eigenvalue weighted by atomic mass is 32.1. The van der Waals surface area contributed by atoms with Gasteiger partial charge >= 0.3 is 5.97 Å². The van der Waals surface area contributed by atoms with Crippen LogP contribution < -0.4 is 15.4 Å². The molecule has 6 nitrogen and oxygen atoms in total. The van der Waals surface area contributed by atoms with E-state index in [-0.39, 0.29) is 16.6 Å². The smallest absolute Gasteiger partial charge is 0.335 e. The summed E-state index contributed by atoms with van der Waals surface area (Å²) in [6.45, 7) is 4.72. The lowest BCUT2D eigenvalue weighted by molar-refractivity contribution is 0.0696. The molecule has 0 unspecified atom stereocenters. The number of anilines is 1. The normalized spacial score (nSPS) is 10.3. The maximum Gasteiger partial charge on any atom is 0.335 e. The van der Waals surface area contributed by atoms with Crippen LogP contribution in [0.5, 0.6) is 5.75 Å². The highest BCUT2D eigenvalue weighted by Crippen LogP contribution is 2.14. The van der Waals surface area contributed by atoms with Crippen LogP contribution in [0.2, 0.25) is 0 Å². The van der Waals surface area contributed by atoms with E-state index in [1.807, 2.05) is 0 Å². The Balaban J connectivity index is 1.93. The highest BCUT2D eigenvalue weighted by molar-refractivity contribution is 7.80. The fraction of sp³-hybridized carbons (Fsp3) is 0.211. The summed E-state index contributed by atoms with van der Waals surface area (Å²) < 4.78 is 5.57. The maximum absolute atomic E-state index is 12.2. The van der Waals surface area contributed by atoms with Gasteiger partial charge in [-0.2, -0.15) is 0 Å². The van der Waals surface area contributed by atoms with Crippen LogP contribution in [0.1, 0.15) is 34.6 Å². The van der Waals surface area contributed by atoms with Crippen LogP contribution in [0.25, 0.3) is 0 Å². The Bertz CT molecular complexity index is 803. The number of carbonyl (C=O) groups is 2. The van der Waals surface area contributed by atoms with E-state index in [9.17, 15) is 9.59 Å². The predicted octanol–water partition coefficient (Wildman–Crippen LogP) is 3.55. The van der Waals surface area contributed by atoms with E-state index in [1.165, 1.54) is 12.1 Å². The summed E-state index contributed by atoms with van der Waals surface area (Å²) in [5.41, 5.74) is 1.04. The summed E-state index contributed by atoms with van der Waals surface area (Å²) in [6.07, 6.45) is 0. The number of carboxylic acids is 1. The number of aromatic carboxylic acids is 1. The maximum atomic E-state index is 12.2. The van der Waals surface area contributed by atoms with Crippen molar-refractivity contribution in [3.8, 4) is 5.75 Å². The number of carboxylic acid groups (broad SMARTS) is 1. The fourth-order valence-corrected chi connectivity index (χ4v) is 2.24. The summed E-state index contributed by atoms with van der Waals surface area (Å²) in [7, 11) is 0. The molecule has 0 saturated carbocycles. The SMILES string of the molecule is CC(C)COc1ccc(C(=O)NC(=S)Nc2cccc(C(=O)O)c2)cc1. The molecule has 0 atom stereocenters. The Labute approximate surface area is 157 Å². The summed E-state index contributed by atoms with van der Waals surface area (Å²) in [4.78, 5) is 23.2. The number of hydrogen-bond donors (Lipinski definition) is 3. The number of amides is 1. The number of hydrogen-bond acceptors (Lipinski definition) is 4. The van der Waals surface area contributed by atoms with Gasteiger partial charge in [0.1, 0.15) is 5.75 Å². The van der Waals surface area contributed by atoms with Gasteiger partial charge in [0.05, 0.1) is 12.2 Å². The van der Waals surface area contributed by atoms with E-state index in [0.717, 1.165) is 0 Å². The molecule has 2 aromatic carbocycles. The molecule has 7 heteroatoms. The van der Waals surface area contributed by atoms with Crippen LogP contribution in [0.15, 0.2) is 48.5 Å². The molecular weight excluding hydrogens is 352 g/mol. The van der Waals surface area contributed by atoms with E-state index in [0.29, 0.717) is 29.5 Å². The monoisotopic (exact) mass is 372 g/mol. The lowest BCUT2D eigenvalue weighted by Crippen LogP contribution is -2.34. The molecular formula is C19H20N2O4S. The second-order valence-electron chi connectivity index (χ2n) is 6.02. The lowest BCUT2D eigenvalue weighted by atomic mass is 10.2. The average Bonchev–Trinajstić information content (AvgIpc) is 2.60. The zero-order valence-corrected chi connectivity index (χ0v) is 15.3. The minimum absolute atomic E-state index is 0.0812. The number of rotatable bonds is 6. The van der Waals surface area contributed by atoms with Gasteiger partial charge in [-0.05, 0) is 60.6 Å². The number of benzene rings is 2. The van der Waals surface area contributed by atoms with Crippen molar-refractivity contribution in [2.45, 2.75) is 13.8 Å². The third-order valence-electron chi connectivity index (χ3n) is 3.29. The molecule has 26 heavy (non-hydrogen) atoms. The van der Waals surface area contributed by atoms with Crippen molar-refractivity contribution in [3.05, 3.63) is 59.7 Å². The van der Waals surface area contributed by atoms with Crippen LogP contribution in [0, 0.1) is 5.92 Å². The Kier molecular flexibility index (Phi) is 6.68. The number of nitrogens with one attached hydrogen (secondary N) is 2. The second-order valence-corrected chi connectivity index (χ2v) is 6.43. The van der Waals surface area contributed by atoms with Crippen molar-refractivity contribution in [3.63, 3.8) is 0 Å². The molecule has 0 aliphatic heterocycles. The molecule has 0 saturated heterocycles. The van der Waals surface area contributed by atoms with Crippen LogP contribution >= 0.6 is 12.2 Å². The number of carbonyl (C=O) groups excluding carboxylic acids is 1. The van der Waals surface area contributed by atoms with Gasteiger partial charge in [-0.3, -0.25) is 10.1 Å². The highest BCUT2D eigenvalue weighted by Gasteiger charge is 2.09. The quantitative estimate of drug-likeness (QED) is 0.672. The lowest BCUT2D eigenvalue weighted by Gasteiger charge is -2.11. The van der Waals surface area contributed by atoms with Gasteiger partial charge in [0, 0.05) is 11.3 Å². The fourth-order valence-electron chi connectivity index (χ4n) is 2.03. The van der Waals surface area contributed by atoms with Gasteiger partial charge in [-0.25, -0.2) is 4.79 Å². The molecule has 0 aromatic heterocycles. The zero-order chi connectivity index (χ0) is 19.1. The minimum atomic E-state index is -1.04. The number of thiocarbonyl (C=S) groups is 1. The summed E-state index contributed by atoms with van der Waals surface area (Å²) in [5, 5.41) is 14.4. The summed E-state index contributed by atoms with van der Waals surface area (Å²) in [6, 6.07) is 12.9. The van der Waals surface area contributed by atoms with Crippen molar-refractivity contribution in [1.82, 2.24) is 5.32 Å². The third kappa shape index (κ3) is 5.86. The van der Waals surface area contributed by atoms with E-state index >= 15 is 0 Å². The van der Waals surface area contributed by atoms with E-state index in [4.69, 9.17) is 22.1 Å². The molecule has 136 valence electrons. The molecule has 3 N–H and O–H groups in total. The Morgan fingerprint density at radius 2 is 1.81 bits per heavy atom. The molecule has 0 spiro atoms. The van der Waals surface area contributed by atoms with E-state index < -0.39 is 5.97 Å². The van der Waals surface area contributed by atoms with Crippen LogP contribution in [0.3, 0.4) is 0 Å². The van der Waals surface area contributed by atoms with Gasteiger partial charge in [0.25, 0.3) is 5.91 Å². The molecule has 0 radical (unpaired) electrons. The number of ether oxygens (including phenoxy) is 1. The molecule has 2 aromatic rings. The first kappa shape index (κ1) is 19.4. The molecule has 0 heterocycles. The molecule has 2 rings (SSSR count). The van der Waals surface area contributed by atoms with E-state index in [2.05, 4.69) is 24.5 Å². The largest absolute Gasteiger partial charge is 0.493 e. The predicted molar refractivity (Wildman–Crippen MR) is 104 cm³/mol. The van der Waals surface area contributed by atoms with Gasteiger partial charge in [0.2, 0.25) is 0 Å². The molecule has 0 bridgehead atoms. The minimum Gasteiger partial charge on any atom is -0.493 e. The summed E-state index contributed by atoms with van der Waals surface area (Å²) in [5.74, 6) is -0.293. The van der Waals surface area contributed by atoms with Gasteiger partial charge < -0.3 is 15.2 Å². The van der Waals surface area contributed by atoms with Crippen molar-refractivity contribution in [1.29, 1.82) is 0 Å². The molecule has 0 fully saturated rings. The first-order chi connectivity index (χ1) is 12.3. The van der Waals surface area contributed by atoms with Gasteiger partial charge in [-0.1, -0.05) is 19.9 Å². The second kappa shape index (κ2) is 8.96. The third-order valence-corrected chi connectivity index (χ3v) is 3.50. The molecule has 0 aliphatic carbocycles. The van der Waals surface area contributed by atoms with Crippen LogP contribution in [-0.2, 0) is 0 Å². The Hall–Kier alpha value is -2.93. The first-order valence-electron chi connectivity index (χ1n) is 8.03. The Morgan fingerprint density at radius 1 is 1.12 bits per heavy atom. The topological polar surface area (TPSA) is 87.7 Å². The van der Waals surface area contributed by atoms with Crippen LogP contribution in [0.4, 0.5) is 5.69 Å². The molecule has 1 amide bonds. The summed E-state index contributed by atoms with van der Waals surface area (Å²) >= 11 is 5.10. The van der Waals surface area contributed by atoms with Crippen molar-refractivity contribution in [2.24, 2.45) is 5.92 Å². The van der Waals surface area contributed by atoms with Gasteiger partial charge in [0.15, 0.2) is 5.11 Å². The Morgan fingerprint density at radius 3 is 2.42 bits per heavy atom. The van der Waals surface area contributed by atoms with Crippen molar-refractivity contribution in [2.75, 3.05) is 11.9 Å². The van der Waals surface area contributed by atoms with Crippen molar-refractivity contribution >= 4 is 34.9 Å². The standard InChI is InChI=1S/C19H20N2O4S/c1-12(2)11-25-16-8-6-13(7-9-16)17(22)21-19(26)20-15-5-3-4-14(10-15)18(23)24/h3-10,12H,11H2,1-2H3,(H,23,24)(H2,20,21,22,26). The van der Waals surface area contributed by atoms with Crippen molar-refractivity contribution < 1.29 is 19.4 Å². The molecule has 0 aliphatic rings. The van der Waals surface area contributed by atoms with Gasteiger partial charge in [-0.15, -0.1) is 0 Å². The van der Waals surface area contributed by atoms with Crippen LogP contribution in [-0.4, -0.2) is 28.7 Å². The van der Waals surface area contributed by atoms with E-state index in [1.54, 1.807) is 36.4 Å². The zero-order valence-electron chi connectivity index (χ0n) is 14.5. The first-order valence-corrected chi connectivity index (χ1v) is 8.44. The average molecular weight is 372 g/mol.